The molecule has 106 valence electrons. The molecule has 1 saturated heterocycles. The van der Waals surface area contributed by atoms with Gasteiger partial charge in [-0.2, -0.15) is 4.98 Å². The first kappa shape index (κ1) is 12.8. The highest BCUT2D eigenvalue weighted by Crippen LogP contribution is 2.17. The summed E-state index contributed by atoms with van der Waals surface area (Å²) in [5, 5.41) is 16.4. The molecular weight excluding hydrogens is 256 g/mol. The van der Waals surface area contributed by atoms with E-state index in [1.165, 1.54) is 19.3 Å². The van der Waals surface area contributed by atoms with Gasteiger partial charge in [-0.05, 0) is 48.7 Å². The van der Waals surface area contributed by atoms with Crippen LogP contribution in [0.3, 0.4) is 0 Å². The molecule has 0 saturated carbocycles. The van der Waals surface area contributed by atoms with Crippen LogP contribution >= 0.6 is 0 Å². The van der Waals surface area contributed by atoms with E-state index in [1.807, 2.05) is 0 Å². The molecule has 0 spiro atoms. The third kappa shape index (κ3) is 3.01. The Morgan fingerprint density at radius 1 is 1.15 bits per heavy atom. The fourth-order valence-corrected chi connectivity index (χ4v) is 2.30. The standard InChI is InChI=1S/C14H18N4O2/c19-12-6-4-11(5-7-12)15-10-13-16-14(17-20-13)18-8-2-1-3-9-18/h4-7,15,19H,1-3,8-10H2. The smallest absolute Gasteiger partial charge is 0.266 e. The summed E-state index contributed by atoms with van der Waals surface area (Å²) in [5.74, 6) is 1.51. The van der Waals surface area contributed by atoms with Crippen LogP contribution in [-0.4, -0.2) is 28.3 Å². The molecule has 1 aliphatic rings. The highest BCUT2D eigenvalue weighted by Gasteiger charge is 2.16. The zero-order valence-electron chi connectivity index (χ0n) is 11.2. The summed E-state index contributed by atoms with van der Waals surface area (Å²) in [4.78, 5) is 6.57. The van der Waals surface area contributed by atoms with E-state index in [1.54, 1.807) is 24.3 Å². The molecule has 3 rings (SSSR count). The number of nitrogens with one attached hydrogen (secondary N) is 1. The van der Waals surface area contributed by atoms with Gasteiger partial charge < -0.3 is 19.8 Å². The first-order valence-electron chi connectivity index (χ1n) is 6.92. The molecule has 0 radical (unpaired) electrons. The maximum atomic E-state index is 9.22. The maximum absolute atomic E-state index is 9.22. The fourth-order valence-electron chi connectivity index (χ4n) is 2.30. The molecule has 2 heterocycles. The van der Waals surface area contributed by atoms with Crippen molar-refractivity contribution in [3.05, 3.63) is 30.2 Å². The van der Waals surface area contributed by atoms with Crippen LogP contribution in [0.2, 0.25) is 0 Å². The number of aromatic hydroxyl groups is 1. The van der Waals surface area contributed by atoms with Crippen molar-refractivity contribution in [3.8, 4) is 5.75 Å². The Balaban J connectivity index is 1.58. The quantitative estimate of drug-likeness (QED) is 0.834. The summed E-state index contributed by atoms with van der Waals surface area (Å²) >= 11 is 0. The van der Waals surface area contributed by atoms with E-state index in [2.05, 4.69) is 20.4 Å². The molecule has 0 amide bonds. The molecule has 1 fully saturated rings. The molecule has 6 heteroatoms. The number of nitrogens with zero attached hydrogens (tertiary/aromatic N) is 3. The normalized spacial score (nSPS) is 15.3. The van der Waals surface area contributed by atoms with Crippen LogP contribution in [0, 0.1) is 0 Å². The molecule has 20 heavy (non-hydrogen) atoms. The predicted molar refractivity (Wildman–Crippen MR) is 75.8 cm³/mol. The van der Waals surface area contributed by atoms with Gasteiger partial charge in [0.05, 0.1) is 6.54 Å². The number of hydrogen-bond donors (Lipinski definition) is 2. The van der Waals surface area contributed by atoms with Gasteiger partial charge in [0.2, 0.25) is 5.89 Å². The molecule has 0 bridgehead atoms. The third-order valence-corrected chi connectivity index (χ3v) is 3.41. The van der Waals surface area contributed by atoms with Gasteiger partial charge in [0.1, 0.15) is 5.75 Å². The second-order valence-electron chi connectivity index (χ2n) is 4.94. The number of anilines is 2. The van der Waals surface area contributed by atoms with E-state index in [-0.39, 0.29) is 5.75 Å². The van der Waals surface area contributed by atoms with E-state index in [4.69, 9.17) is 4.52 Å². The Bertz CT molecular complexity index is 547. The van der Waals surface area contributed by atoms with Crippen LogP contribution in [0.1, 0.15) is 25.2 Å². The number of hydrogen-bond acceptors (Lipinski definition) is 6. The summed E-state index contributed by atoms with van der Waals surface area (Å²) in [5.41, 5.74) is 0.903. The average Bonchev–Trinajstić information content (AvgIpc) is 2.97. The second-order valence-corrected chi connectivity index (χ2v) is 4.94. The Kier molecular flexibility index (Phi) is 3.71. The van der Waals surface area contributed by atoms with Gasteiger partial charge in [-0.1, -0.05) is 0 Å². The molecule has 0 unspecified atom stereocenters. The van der Waals surface area contributed by atoms with E-state index < -0.39 is 0 Å². The SMILES string of the molecule is Oc1ccc(NCc2nc(N3CCCCC3)no2)cc1. The van der Waals surface area contributed by atoms with E-state index in [0.29, 0.717) is 18.4 Å². The second kappa shape index (κ2) is 5.81. The fraction of sp³-hybridized carbons (Fsp3) is 0.429. The largest absolute Gasteiger partial charge is 0.508 e. The average molecular weight is 274 g/mol. The van der Waals surface area contributed by atoms with Crippen molar-refractivity contribution in [1.82, 2.24) is 10.1 Å². The van der Waals surface area contributed by atoms with Crippen molar-refractivity contribution in [2.45, 2.75) is 25.8 Å². The van der Waals surface area contributed by atoms with Crippen molar-refractivity contribution in [1.29, 1.82) is 0 Å². The predicted octanol–water partition coefficient (Wildman–Crippen LogP) is 2.38. The van der Waals surface area contributed by atoms with Crippen LogP contribution in [0.5, 0.6) is 5.75 Å². The lowest BCUT2D eigenvalue weighted by molar-refractivity contribution is 0.381. The summed E-state index contributed by atoms with van der Waals surface area (Å²) in [6.45, 7) is 2.49. The summed E-state index contributed by atoms with van der Waals surface area (Å²) < 4.78 is 5.25. The minimum Gasteiger partial charge on any atom is -0.508 e. The molecule has 6 nitrogen and oxygen atoms in total. The molecule has 1 aromatic heterocycles. The van der Waals surface area contributed by atoms with Gasteiger partial charge in [-0.25, -0.2) is 0 Å². The van der Waals surface area contributed by atoms with E-state index >= 15 is 0 Å². The van der Waals surface area contributed by atoms with Crippen molar-refractivity contribution in [2.24, 2.45) is 0 Å². The van der Waals surface area contributed by atoms with E-state index in [9.17, 15) is 5.11 Å². The van der Waals surface area contributed by atoms with Crippen LogP contribution in [0.25, 0.3) is 0 Å². The molecule has 0 aliphatic carbocycles. The Morgan fingerprint density at radius 2 is 1.90 bits per heavy atom. The summed E-state index contributed by atoms with van der Waals surface area (Å²) in [6.07, 6.45) is 3.66. The lowest BCUT2D eigenvalue weighted by Crippen LogP contribution is -2.30. The van der Waals surface area contributed by atoms with Crippen molar-refractivity contribution in [3.63, 3.8) is 0 Å². The summed E-state index contributed by atoms with van der Waals surface area (Å²) in [6, 6.07) is 6.87. The Labute approximate surface area is 117 Å². The van der Waals surface area contributed by atoms with Gasteiger partial charge in [0.15, 0.2) is 0 Å². The topological polar surface area (TPSA) is 74.4 Å². The summed E-state index contributed by atoms with van der Waals surface area (Å²) in [7, 11) is 0. The minimum atomic E-state index is 0.251. The van der Waals surface area contributed by atoms with Crippen molar-refractivity contribution < 1.29 is 9.63 Å². The van der Waals surface area contributed by atoms with Crippen LogP contribution in [0.15, 0.2) is 28.8 Å². The van der Waals surface area contributed by atoms with Crippen LogP contribution in [0.4, 0.5) is 11.6 Å². The molecule has 2 aromatic rings. The minimum absolute atomic E-state index is 0.251. The van der Waals surface area contributed by atoms with Crippen LogP contribution in [-0.2, 0) is 6.54 Å². The number of aromatic nitrogens is 2. The number of phenolic OH excluding ortho intramolecular Hbond substituents is 1. The van der Waals surface area contributed by atoms with Crippen molar-refractivity contribution in [2.75, 3.05) is 23.3 Å². The number of rotatable bonds is 4. The van der Waals surface area contributed by atoms with Crippen LogP contribution < -0.4 is 10.2 Å². The maximum Gasteiger partial charge on any atom is 0.266 e. The number of phenols is 1. The zero-order chi connectivity index (χ0) is 13.8. The van der Waals surface area contributed by atoms with E-state index in [0.717, 1.165) is 18.8 Å². The van der Waals surface area contributed by atoms with Gasteiger partial charge in [-0.3, -0.25) is 0 Å². The molecule has 0 atom stereocenters. The lowest BCUT2D eigenvalue weighted by atomic mass is 10.1. The van der Waals surface area contributed by atoms with Gasteiger partial charge in [-0.15, -0.1) is 0 Å². The zero-order valence-corrected chi connectivity index (χ0v) is 11.2. The Hall–Kier alpha value is -2.24. The van der Waals surface area contributed by atoms with Gasteiger partial charge in [0, 0.05) is 18.8 Å². The van der Waals surface area contributed by atoms with Gasteiger partial charge in [0.25, 0.3) is 5.95 Å². The molecule has 1 aliphatic heterocycles. The first-order valence-corrected chi connectivity index (χ1v) is 6.92. The molecule has 1 aromatic carbocycles. The number of benzene rings is 1. The highest BCUT2D eigenvalue weighted by atomic mass is 16.5. The first-order chi connectivity index (χ1) is 9.81. The molecule has 2 N–H and O–H groups in total. The van der Waals surface area contributed by atoms with Gasteiger partial charge >= 0.3 is 0 Å². The molecular formula is C14H18N4O2. The number of piperidine rings is 1. The lowest BCUT2D eigenvalue weighted by Gasteiger charge is -2.24. The Morgan fingerprint density at radius 3 is 2.65 bits per heavy atom. The highest BCUT2D eigenvalue weighted by molar-refractivity contribution is 5.45. The van der Waals surface area contributed by atoms with Crippen molar-refractivity contribution >= 4 is 11.6 Å². The monoisotopic (exact) mass is 274 g/mol. The third-order valence-electron chi connectivity index (χ3n) is 3.41.